The third kappa shape index (κ3) is 5.87. The number of aryl methyl sites for hydroxylation is 1. The quantitative estimate of drug-likeness (QED) is 0.252. The molecular formula is C26H22Br2N2O2. The molecule has 0 aromatic heterocycles. The lowest BCUT2D eigenvalue weighted by molar-refractivity contribution is -0.112. The molecule has 0 aliphatic carbocycles. The van der Waals surface area contributed by atoms with Crippen LogP contribution in [0.15, 0.2) is 75.2 Å². The standard InChI is InChI=1S/C26H22Br2N2O2/c1-3-32-25-14-18(13-23(28)21(25)15-19-9-5-6-10-22(19)27)12-20(16-29)26(31)30-24-11-7-4-8-17(24)2/h4-14H,3,15H2,1-2H3,(H,30,31)/b20-12+. The molecule has 3 aromatic carbocycles. The number of para-hydroxylation sites is 1. The highest BCUT2D eigenvalue weighted by atomic mass is 79.9. The summed E-state index contributed by atoms with van der Waals surface area (Å²) in [7, 11) is 0. The van der Waals surface area contributed by atoms with Gasteiger partial charge in [0.25, 0.3) is 5.91 Å². The number of carbonyl (C=O) groups is 1. The lowest BCUT2D eigenvalue weighted by atomic mass is 10.0. The minimum atomic E-state index is -0.451. The fourth-order valence-corrected chi connectivity index (χ4v) is 4.25. The second kappa shape index (κ2) is 11.1. The van der Waals surface area contributed by atoms with Crippen molar-refractivity contribution in [3.8, 4) is 11.8 Å². The van der Waals surface area contributed by atoms with Crippen LogP contribution in [-0.4, -0.2) is 12.5 Å². The molecule has 0 atom stereocenters. The Balaban J connectivity index is 1.93. The van der Waals surface area contributed by atoms with Gasteiger partial charge in [0.2, 0.25) is 0 Å². The van der Waals surface area contributed by atoms with Gasteiger partial charge in [0, 0.05) is 26.6 Å². The van der Waals surface area contributed by atoms with Crippen LogP contribution in [0.2, 0.25) is 0 Å². The van der Waals surface area contributed by atoms with Crippen molar-refractivity contribution in [2.75, 3.05) is 11.9 Å². The van der Waals surface area contributed by atoms with Crippen LogP contribution in [0.3, 0.4) is 0 Å². The van der Waals surface area contributed by atoms with Crippen LogP contribution in [-0.2, 0) is 11.2 Å². The van der Waals surface area contributed by atoms with Gasteiger partial charge in [0.05, 0.1) is 6.61 Å². The molecule has 0 bridgehead atoms. The molecular weight excluding hydrogens is 532 g/mol. The smallest absolute Gasteiger partial charge is 0.266 e. The zero-order chi connectivity index (χ0) is 23.1. The summed E-state index contributed by atoms with van der Waals surface area (Å²) in [6.07, 6.45) is 2.24. The summed E-state index contributed by atoms with van der Waals surface area (Å²) >= 11 is 7.25. The molecule has 0 heterocycles. The highest BCUT2D eigenvalue weighted by Gasteiger charge is 2.15. The molecule has 0 unspecified atom stereocenters. The molecule has 0 aliphatic rings. The average molecular weight is 554 g/mol. The maximum Gasteiger partial charge on any atom is 0.266 e. The topological polar surface area (TPSA) is 62.1 Å². The monoisotopic (exact) mass is 552 g/mol. The van der Waals surface area contributed by atoms with Gasteiger partial charge in [0.15, 0.2) is 0 Å². The summed E-state index contributed by atoms with van der Waals surface area (Å²) in [6.45, 7) is 4.33. The molecule has 4 nitrogen and oxygen atoms in total. The Morgan fingerprint density at radius 3 is 2.50 bits per heavy atom. The molecule has 162 valence electrons. The van der Waals surface area contributed by atoms with E-state index in [0.717, 1.165) is 25.6 Å². The Morgan fingerprint density at radius 2 is 1.81 bits per heavy atom. The third-order valence-corrected chi connectivity index (χ3v) is 6.35. The van der Waals surface area contributed by atoms with Crippen molar-refractivity contribution >= 4 is 49.5 Å². The largest absolute Gasteiger partial charge is 0.494 e. The molecule has 0 saturated carbocycles. The van der Waals surface area contributed by atoms with E-state index in [-0.39, 0.29) is 5.57 Å². The Labute approximate surface area is 205 Å². The van der Waals surface area contributed by atoms with E-state index < -0.39 is 5.91 Å². The van der Waals surface area contributed by atoms with Gasteiger partial charge in [0.1, 0.15) is 17.4 Å². The third-order valence-electron chi connectivity index (χ3n) is 4.87. The predicted octanol–water partition coefficient (Wildman–Crippen LogP) is 7.06. The van der Waals surface area contributed by atoms with Crippen molar-refractivity contribution < 1.29 is 9.53 Å². The molecule has 1 N–H and O–H groups in total. The fourth-order valence-electron chi connectivity index (χ4n) is 3.22. The van der Waals surface area contributed by atoms with Crippen LogP contribution < -0.4 is 10.1 Å². The lowest BCUT2D eigenvalue weighted by Crippen LogP contribution is -2.14. The summed E-state index contributed by atoms with van der Waals surface area (Å²) in [5.41, 5.74) is 4.45. The van der Waals surface area contributed by atoms with Gasteiger partial charge >= 0.3 is 0 Å². The van der Waals surface area contributed by atoms with Crippen molar-refractivity contribution in [2.24, 2.45) is 0 Å². The van der Waals surface area contributed by atoms with Crippen molar-refractivity contribution in [1.29, 1.82) is 5.26 Å². The normalized spacial score (nSPS) is 11.0. The summed E-state index contributed by atoms with van der Waals surface area (Å²) in [4.78, 5) is 12.7. The maximum absolute atomic E-state index is 12.7. The van der Waals surface area contributed by atoms with Gasteiger partial charge in [-0.25, -0.2) is 0 Å². The summed E-state index contributed by atoms with van der Waals surface area (Å²) in [5, 5.41) is 12.4. The van der Waals surface area contributed by atoms with Crippen molar-refractivity contribution in [1.82, 2.24) is 0 Å². The van der Waals surface area contributed by atoms with Gasteiger partial charge in [-0.05, 0) is 60.9 Å². The minimum absolute atomic E-state index is 0.0150. The first-order valence-electron chi connectivity index (χ1n) is 10.1. The molecule has 3 aromatic rings. The number of rotatable bonds is 7. The number of hydrogen-bond acceptors (Lipinski definition) is 3. The number of carbonyl (C=O) groups excluding carboxylic acids is 1. The predicted molar refractivity (Wildman–Crippen MR) is 136 cm³/mol. The molecule has 0 fully saturated rings. The number of nitrogens with zero attached hydrogens (tertiary/aromatic N) is 1. The van der Waals surface area contributed by atoms with Crippen molar-refractivity contribution in [3.05, 3.63) is 97.4 Å². The number of amides is 1. The highest BCUT2D eigenvalue weighted by molar-refractivity contribution is 9.10. The van der Waals surface area contributed by atoms with E-state index in [1.165, 1.54) is 0 Å². The van der Waals surface area contributed by atoms with Gasteiger partial charge in [-0.1, -0.05) is 68.3 Å². The van der Waals surface area contributed by atoms with Gasteiger partial charge < -0.3 is 10.1 Å². The Morgan fingerprint density at radius 1 is 1.09 bits per heavy atom. The fraction of sp³-hybridized carbons (Fsp3) is 0.154. The van der Waals surface area contributed by atoms with Crippen LogP contribution in [0.1, 0.15) is 29.2 Å². The number of nitrogens with one attached hydrogen (secondary N) is 1. The second-order valence-electron chi connectivity index (χ2n) is 7.12. The van der Waals surface area contributed by atoms with E-state index in [1.54, 1.807) is 6.08 Å². The van der Waals surface area contributed by atoms with Crippen LogP contribution in [0.25, 0.3) is 6.08 Å². The number of nitriles is 1. The molecule has 6 heteroatoms. The first kappa shape index (κ1) is 23.8. The molecule has 0 spiro atoms. The Bertz CT molecular complexity index is 1210. The maximum atomic E-state index is 12.7. The second-order valence-corrected chi connectivity index (χ2v) is 8.83. The molecule has 0 saturated heterocycles. The van der Waals surface area contributed by atoms with E-state index in [2.05, 4.69) is 43.2 Å². The first-order valence-corrected chi connectivity index (χ1v) is 11.7. The number of ether oxygens (including phenoxy) is 1. The van der Waals surface area contributed by atoms with Crippen molar-refractivity contribution in [3.63, 3.8) is 0 Å². The first-order chi connectivity index (χ1) is 15.4. The van der Waals surface area contributed by atoms with E-state index >= 15 is 0 Å². The molecule has 1 amide bonds. The van der Waals surface area contributed by atoms with Crippen LogP contribution >= 0.6 is 31.9 Å². The Kier molecular flexibility index (Phi) is 8.26. The molecule has 32 heavy (non-hydrogen) atoms. The van der Waals surface area contributed by atoms with Gasteiger partial charge in [-0.2, -0.15) is 5.26 Å². The van der Waals surface area contributed by atoms with E-state index in [1.807, 2.05) is 74.5 Å². The summed E-state index contributed by atoms with van der Waals surface area (Å²) < 4.78 is 7.77. The van der Waals surface area contributed by atoms with Crippen LogP contribution in [0.4, 0.5) is 5.69 Å². The zero-order valence-electron chi connectivity index (χ0n) is 17.8. The summed E-state index contributed by atoms with van der Waals surface area (Å²) in [5.74, 6) is 0.258. The summed E-state index contributed by atoms with van der Waals surface area (Å²) in [6, 6.07) is 21.3. The van der Waals surface area contributed by atoms with Gasteiger partial charge in [-0.3, -0.25) is 4.79 Å². The van der Waals surface area contributed by atoms with Crippen LogP contribution in [0.5, 0.6) is 5.75 Å². The lowest BCUT2D eigenvalue weighted by Gasteiger charge is -2.15. The number of benzene rings is 3. The number of anilines is 1. The van der Waals surface area contributed by atoms with Crippen LogP contribution in [0, 0.1) is 18.3 Å². The van der Waals surface area contributed by atoms with E-state index in [0.29, 0.717) is 30.0 Å². The average Bonchev–Trinajstić information content (AvgIpc) is 2.77. The highest BCUT2D eigenvalue weighted by Crippen LogP contribution is 2.33. The molecule has 0 aliphatic heterocycles. The SMILES string of the molecule is CCOc1cc(/C=C(\C#N)C(=O)Nc2ccccc2C)cc(Br)c1Cc1ccccc1Br. The Hall–Kier alpha value is -2.88. The molecule has 0 radical (unpaired) electrons. The zero-order valence-corrected chi connectivity index (χ0v) is 21.0. The van der Waals surface area contributed by atoms with E-state index in [4.69, 9.17) is 4.74 Å². The molecule has 3 rings (SSSR count). The number of hydrogen-bond donors (Lipinski definition) is 1. The van der Waals surface area contributed by atoms with Gasteiger partial charge in [-0.15, -0.1) is 0 Å². The van der Waals surface area contributed by atoms with Crippen molar-refractivity contribution in [2.45, 2.75) is 20.3 Å². The number of halogens is 2. The minimum Gasteiger partial charge on any atom is -0.494 e. The van der Waals surface area contributed by atoms with E-state index in [9.17, 15) is 10.1 Å².